The predicted molar refractivity (Wildman–Crippen MR) is 23.1 cm³/mol. The van der Waals surface area contributed by atoms with Crippen molar-refractivity contribution in [1.29, 1.82) is 1.34 Å². The van der Waals surface area contributed by atoms with Crippen LogP contribution < -0.4 is 0 Å². The summed E-state index contributed by atoms with van der Waals surface area (Å²) >= 11 is 0.723. The maximum absolute atomic E-state index is 10.9. The van der Waals surface area contributed by atoms with Crippen LogP contribution in [0.1, 0.15) is 0 Å². The summed E-state index contributed by atoms with van der Waals surface area (Å²) in [5.74, 6) is 0. The molecular formula is CH3BFNS. The van der Waals surface area contributed by atoms with Gasteiger partial charge in [-0.2, -0.15) is 0 Å². The normalized spacial score (nSPS) is 11.0. The monoisotopic (exact) mass is 92.0 g/mol. The van der Waals surface area contributed by atoms with Crippen molar-refractivity contribution >= 4 is 19.5 Å². The van der Waals surface area contributed by atoms with E-state index in [4.69, 9.17) is 1.34 Å². The summed E-state index contributed by atoms with van der Waals surface area (Å²) in [5.41, 5.74) is 0. The Balaban J connectivity index is 2.66. The van der Waals surface area contributed by atoms with E-state index >= 15 is 0 Å². The Morgan fingerprint density at radius 2 is 3.20 bits per heavy atom. The molecule has 0 aromatic carbocycles. The van der Waals surface area contributed by atoms with E-state index < -0.39 is 6.01 Å². The van der Waals surface area contributed by atoms with E-state index in [1.54, 1.807) is 0 Å². The minimum atomic E-state index is -0.546. The van der Waals surface area contributed by atoms with E-state index in [1.165, 1.54) is 0 Å². The molecule has 0 aliphatic rings. The van der Waals surface area contributed by atoms with Gasteiger partial charge in [0.05, 0.1) is 0 Å². The molecule has 0 unspecified atom stereocenters. The van der Waals surface area contributed by atoms with Crippen LogP contribution in [0.5, 0.6) is 0 Å². The Labute approximate surface area is 36.6 Å². The van der Waals surface area contributed by atoms with Crippen LogP contribution in [0.4, 0.5) is 4.39 Å². The second-order valence-corrected chi connectivity index (χ2v) is 1.03. The third-order valence-corrected chi connectivity index (χ3v) is 0.370. The zero-order valence-corrected chi connectivity index (χ0v) is 3.33. The summed E-state index contributed by atoms with van der Waals surface area (Å²) in [5, 5.41) is 0. The van der Waals surface area contributed by atoms with Crippen LogP contribution in [0, 0.1) is 0 Å². The number of hydrogen-bond acceptors (Lipinski definition) is 2. The first-order valence-electron chi connectivity index (χ1n) is 1.57. The molecule has 0 aromatic rings. The molecular weight excluding hydrogens is 87.9 g/mol. The van der Waals surface area contributed by atoms with Crippen molar-refractivity contribution in [2.24, 2.45) is 4.30 Å². The molecule has 0 bridgehead atoms. The summed E-state index contributed by atoms with van der Waals surface area (Å²) < 4.78 is 20.3. The standard InChI is InChI=1S/CH3BFNS/c2-4-5-1-3/h2H,1H2/i2D. The average Bonchev–Trinajstić information content (AvgIpc) is 1.61. The van der Waals surface area contributed by atoms with Gasteiger partial charge in [0.25, 0.3) is 0 Å². The van der Waals surface area contributed by atoms with Crippen molar-refractivity contribution in [2.75, 3.05) is 6.01 Å². The van der Waals surface area contributed by atoms with Crippen LogP contribution in [-0.4, -0.2) is 14.9 Å². The fourth-order valence-electron chi connectivity index (χ4n) is 0.0282. The van der Waals surface area contributed by atoms with Crippen LogP contribution in [0.15, 0.2) is 4.30 Å². The van der Waals surface area contributed by atoms with E-state index in [0.29, 0.717) is 0 Å². The second-order valence-electron chi connectivity index (χ2n) is 0.344. The Morgan fingerprint density at radius 1 is 2.40 bits per heavy atom. The molecule has 0 spiro atoms. The number of nitrogens with zero attached hydrogens (tertiary/aromatic N) is 1. The first-order valence-corrected chi connectivity index (χ1v) is 1.94. The van der Waals surface area contributed by atoms with Crippen molar-refractivity contribution in [2.45, 2.75) is 0 Å². The van der Waals surface area contributed by atoms with Crippen molar-refractivity contribution in [3.8, 4) is 0 Å². The summed E-state index contributed by atoms with van der Waals surface area (Å²) in [6.07, 6.45) is 0. The molecule has 28 valence electrons. The molecule has 5 heavy (non-hydrogen) atoms. The molecule has 0 amide bonds. The number of alkyl halides is 1. The van der Waals surface area contributed by atoms with Crippen molar-refractivity contribution in [3.63, 3.8) is 0 Å². The summed E-state index contributed by atoms with van der Waals surface area (Å²) in [6, 6.07) is -0.546. The molecule has 0 aromatic heterocycles. The van der Waals surface area contributed by atoms with Crippen molar-refractivity contribution < 1.29 is 4.39 Å². The van der Waals surface area contributed by atoms with Gasteiger partial charge in [-0.3, -0.25) is 0 Å². The van der Waals surface area contributed by atoms with E-state index in [9.17, 15) is 4.39 Å². The Hall–Kier alpha value is 0.145. The van der Waals surface area contributed by atoms with E-state index in [1.807, 2.05) is 0 Å². The third kappa shape index (κ3) is 4.14. The molecule has 0 fully saturated rings. The third-order valence-electron chi connectivity index (χ3n) is 0.123. The topological polar surface area (TPSA) is 12.4 Å². The van der Waals surface area contributed by atoms with Crippen LogP contribution in [-0.2, 0) is 0 Å². The number of halogens is 1. The van der Waals surface area contributed by atoms with Gasteiger partial charge >= 0.3 is 35.6 Å². The van der Waals surface area contributed by atoms with Crippen LogP contribution >= 0.6 is 11.9 Å². The summed E-state index contributed by atoms with van der Waals surface area (Å²) in [7, 11) is 0.810. The number of hydrogen-bond donors (Lipinski definition) is 0. The Morgan fingerprint density at radius 3 is 3.40 bits per heavy atom. The molecule has 0 saturated carbocycles. The first-order chi connectivity index (χ1) is 2.91. The Kier molecular flexibility index (Phi) is 2.77. The molecule has 0 aliphatic carbocycles. The van der Waals surface area contributed by atoms with Crippen LogP contribution in [0.3, 0.4) is 0 Å². The van der Waals surface area contributed by atoms with Gasteiger partial charge in [0.15, 0.2) is 0 Å². The molecule has 0 N–H and O–H groups in total. The fraction of sp³-hybridized carbons (Fsp3) is 1.00. The molecule has 4 heteroatoms. The maximum atomic E-state index is 10.9. The minimum absolute atomic E-state index is 0.546. The average molecular weight is 91.9 g/mol. The zero-order chi connectivity index (χ0) is 4.83. The zero-order valence-electron chi connectivity index (χ0n) is 3.52. The van der Waals surface area contributed by atoms with Crippen molar-refractivity contribution in [3.05, 3.63) is 0 Å². The van der Waals surface area contributed by atoms with Gasteiger partial charge in [-0.05, 0) is 0 Å². The SMILES string of the molecule is [2H]B=NSCF. The molecule has 0 atom stereocenters. The second kappa shape index (κ2) is 4.14. The number of rotatable bonds is 2. The molecule has 0 radical (unpaired) electrons. The molecule has 0 rings (SSSR count). The van der Waals surface area contributed by atoms with Gasteiger partial charge in [0.1, 0.15) is 0 Å². The summed E-state index contributed by atoms with van der Waals surface area (Å²) in [4.78, 5) is 0. The van der Waals surface area contributed by atoms with Gasteiger partial charge in [-0.15, -0.1) is 0 Å². The first kappa shape index (κ1) is 3.34. The van der Waals surface area contributed by atoms with Gasteiger partial charge in [0.2, 0.25) is 0 Å². The van der Waals surface area contributed by atoms with Crippen LogP contribution in [0.25, 0.3) is 0 Å². The quantitative estimate of drug-likeness (QED) is 0.359. The molecule has 1 nitrogen and oxygen atoms in total. The van der Waals surface area contributed by atoms with Crippen molar-refractivity contribution in [1.82, 2.24) is 0 Å². The van der Waals surface area contributed by atoms with Gasteiger partial charge in [-0.1, -0.05) is 0 Å². The Bertz CT molecular complexity index is 50.8. The van der Waals surface area contributed by atoms with Gasteiger partial charge < -0.3 is 0 Å². The van der Waals surface area contributed by atoms with E-state index in [2.05, 4.69) is 4.30 Å². The van der Waals surface area contributed by atoms with Crippen LogP contribution in [0.2, 0.25) is 0 Å². The summed E-state index contributed by atoms with van der Waals surface area (Å²) in [6.45, 7) is 0. The van der Waals surface area contributed by atoms with E-state index in [0.717, 1.165) is 19.5 Å². The molecule has 0 saturated heterocycles. The molecule has 0 heterocycles. The van der Waals surface area contributed by atoms with E-state index in [-0.39, 0.29) is 0 Å². The van der Waals surface area contributed by atoms with Gasteiger partial charge in [-0.25, -0.2) is 0 Å². The van der Waals surface area contributed by atoms with Gasteiger partial charge in [0, 0.05) is 0 Å². The predicted octanol–water partition coefficient (Wildman–Crippen LogP) is 0.646. The fourth-order valence-corrected chi connectivity index (χ4v) is 0.0845. The molecule has 0 aliphatic heterocycles.